The van der Waals surface area contributed by atoms with Gasteiger partial charge < -0.3 is 10.1 Å². The zero-order chi connectivity index (χ0) is 15.2. The van der Waals surface area contributed by atoms with Crippen LogP contribution in [0.5, 0.6) is 5.75 Å². The molecule has 0 aromatic heterocycles. The molecule has 0 spiro atoms. The minimum atomic E-state index is -0.314. The van der Waals surface area contributed by atoms with Crippen molar-refractivity contribution in [3.63, 3.8) is 0 Å². The number of carbonyl (C=O) groups excluding carboxylic acids is 1. The maximum absolute atomic E-state index is 12.3. The number of carbonyl (C=O) groups is 1. The Morgan fingerprint density at radius 2 is 2.10 bits per heavy atom. The molecule has 0 heterocycles. The molecule has 4 nitrogen and oxygen atoms in total. The molecule has 1 N–H and O–H groups in total. The fourth-order valence-corrected chi connectivity index (χ4v) is 2.04. The molecule has 0 fully saturated rings. The highest BCUT2D eigenvalue weighted by Crippen LogP contribution is 2.25. The predicted molar refractivity (Wildman–Crippen MR) is 81.7 cm³/mol. The highest BCUT2D eigenvalue weighted by molar-refractivity contribution is 6.34. The van der Waals surface area contributed by atoms with Crippen LogP contribution >= 0.6 is 11.6 Å². The van der Waals surface area contributed by atoms with Gasteiger partial charge in [-0.25, -0.2) is 0 Å². The Kier molecular flexibility index (Phi) is 4.81. The van der Waals surface area contributed by atoms with E-state index in [1.165, 1.54) is 6.07 Å². The molecule has 0 aliphatic carbocycles. The van der Waals surface area contributed by atoms with E-state index in [0.29, 0.717) is 34.2 Å². The number of nitrogens with zero attached hydrogens (tertiary/aromatic N) is 1. The predicted octanol–water partition coefficient (Wildman–Crippen LogP) is 3.86. The fourth-order valence-electron chi connectivity index (χ4n) is 1.81. The normalized spacial score (nSPS) is 9.76. The van der Waals surface area contributed by atoms with Gasteiger partial charge in [0.2, 0.25) is 0 Å². The molecule has 21 heavy (non-hydrogen) atoms. The molecule has 0 unspecified atom stereocenters. The van der Waals surface area contributed by atoms with Crippen LogP contribution < -0.4 is 10.1 Å². The van der Waals surface area contributed by atoms with Gasteiger partial charge in [0, 0.05) is 0 Å². The van der Waals surface area contributed by atoms with Crippen molar-refractivity contribution in [2.24, 2.45) is 0 Å². The highest BCUT2D eigenvalue weighted by atomic mass is 35.5. The van der Waals surface area contributed by atoms with Gasteiger partial charge in [0.25, 0.3) is 5.91 Å². The number of anilines is 1. The summed E-state index contributed by atoms with van der Waals surface area (Å²) in [5.74, 6) is 0.202. The zero-order valence-corrected chi connectivity index (χ0v) is 12.1. The van der Waals surface area contributed by atoms with Crippen LogP contribution in [0.2, 0.25) is 5.02 Å². The van der Waals surface area contributed by atoms with E-state index in [-0.39, 0.29) is 5.91 Å². The molecule has 5 heteroatoms. The Bertz CT molecular complexity index is 708. The Labute approximate surface area is 127 Å². The van der Waals surface area contributed by atoms with E-state index < -0.39 is 0 Å². The average Bonchev–Trinajstić information content (AvgIpc) is 2.50. The number of hydrogen-bond donors (Lipinski definition) is 1. The second kappa shape index (κ2) is 6.78. The molecule has 0 saturated carbocycles. The summed E-state index contributed by atoms with van der Waals surface area (Å²) in [5.41, 5.74) is 1.32. The van der Waals surface area contributed by atoms with E-state index in [9.17, 15) is 4.79 Å². The third kappa shape index (κ3) is 3.53. The molecule has 0 saturated heterocycles. The first kappa shape index (κ1) is 14.9. The smallest absolute Gasteiger partial charge is 0.259 e. The van der Waals surface area contributed by atoms with E-state index >= 15 is 0 Å². The lowest BCUT2D eigenvalue weighted by Crippen LogP contribution is -2.14. The van der Waals surface area contributed by atoms with Crippen LogP contribution in [0, 0.1) is 11.3 Å². The van der Waals surface area contributed by atoms with Gasteiger partial charge in [0.15, 0.2) is 0 Å². The summed E-state index contributed by atoms with van der Waals surface area (Å²) in [7, 11) is 0. The number of rotatable bonds is 4. The first-order chi connectivity index (χ1) is 10.2. The summed E-state index contributed by atoms with van der Waals surface area (Å²) < 4.78 is 5.43. The number of amides is 1. The van der Waals surface area contributed by atoms with Crippen molar-refractivity contribution in [3.05, 3.63) is 58.6 Å². The third-order valence-electron chi connectivity index (χ3n) is 2.78. The molecule has 2 aromatic rings. The fraction of sp³-hybridized carbons (Fsp3) is 0.125. The van der Waals surface area contributed by atoms with Gasteiger partial charge in [0.05, 0.1) is 34.5 Å². The number of ether oxygens (including phenoxy) is 1. The molecule has 0 aliphatic heterocycles. The Morgan fingerprint density at radius 1 is 1.33 bits per heavy atom. The van der Waals surface area contributed by atoms with Gasteiger partial charge >= 0.3 is 0 Å². The maximum atomic E-state index is 12.3. The minimum Gasteiger partial charge on any atom is -0.493 e. The van der Waals surface area contributed by atoms with Crippen molar-refractivity contribution in [1.29, 1.82) is 5.26 Å². The molecular weight excluding hydrogens is 288 g/mol. The van der Waals surface area contributed by atoms with Crippen LogP contribution in [-0.4, -0.2) is 12.5 Å². The van der Waals surface area contributed by atoms with Crippen LogP contribution in [0.3, 0.4) is 0 Å². The lowest BCUT2D eigenvalue weighted by Gasteiger charge is -2.11. The van der Waals surface area contributed by atoms with Crippen LogP contribution in [0.25, 0.3) is 0 Å². The van der Waals surface area contributed by atoms with Crippen molar-refractivity contribution in [2.45, 2.75) is 6.92 Å². The van der Waals surface area contributed by atoms with Crippen molar-refractivity contribution in [2.75, 3.05) is 11.9 Å². The largest absolute Gasteiger partial charge is 0.493 e. The van der Waals surface area contributed by atoms with Gasteiger partial charge in [-0.2, -0.15) is 5.26 Å². The van der Waals surface area contributed by atoms with Crippen molar-refractivity contribution in [1.82, 2.24) is 0 Å². The average molecular weight is 301 g/mol. The SMILES string of the molecule is CCOc1ccccc1C(=O)Nc1ccc(C#N)cc1Cl. The second-order valence-corrected chi connectivity index (χ2v) is 4.60. The number of hydrogen-bond acceptors (Lipinski definition) is 3. The monoisotopic (exact) mass is 300 g/mol. The minimum absolute atomic E-state index is 0.314. The zero-order valence-electron chi connectivity index (χ0n) is 11.4. The van der Waals surface area contributed by atoms with E-state index in [1.807, 2.05) is 13.0 Å². The third-order valence-corrected chi connectivity index (χ3v) is 3.09. The molecular formula is C16H13ClN2O2. The molecule has 106 valence electrons. The first-order valence-electron chi connectivity index (χ1n) is 6.38. The Morgan fingerprint density at radius 3 is 2.76 bits per heavy atom. The highest BCUT2D eigenvalue weighted by Gasteiger charge is 2.13. The van der Waals surface area contributed by atoms with Gasteiger partial charge in [0.1, 0.15) is 5.75 Å². The van der Waals surface area contributed by atoms with E-state index in [2.05, 4.69) is 5.32 Å². The summed E-state index contributed by atoms with van der Waals surface area (Å²) in [4.78, 5) is 12.3. The van der Waals surface area contributed by atoms with Gasteiger partial charge in [-0.1, -0.05) is 23.7 Å². The Balaban J connectivity index is 2.24. The molecule has 1 amide bonds. The number of para-hydroxylation sites is 1. The maximum Gasteiger partial charge on any atom is 0.259 e. The number of nitrogens with one attached hydrogen (secondary N) is 1. The van der Waals surface area contributed by atoms with Crippen LogP contribution in [0.15, 0.2) is 42.5 Å². The topological polar surface area (TPSA) is 62.1 Å². The summed E-state index contributed by atoms with van der Waals surface area (Å²) in [5, 5.41) is 11.8. The summed E-state index contributed by atoms with van der Waals surface area (Å²) >= 11 is 6.04. The van der Waals surface area contributed by atoms with Crippen LogP contribution in [0.4, 0.5) is 5.69 Å². The van der Waals surface area contributed by atoms with Crippen molar-refractivity contribution >= 4 is 23.2 Å². The summed E-state index contributed by atoms with van der Waals surface area (Å²) in [6, 6.07) is 13.7. The quantitative estimate of drug-likeness (QED) is 0.932. The van der Waals surface area contributed by atoms with Gasteiger partial charge in [-0.3, -0.25) is 4.79 Å². The molecule has 2 aromatic carbocycles. The van der Waals surface area contributed by atoms with Crippen molar-refractivity contribution < 1.29 is 9.53 Å². The van der Waals surface area contributed by atoms with E-state index in [0.717, 1.165) is 0 Å². The Hall–Kier alpha value is -2.51. The second-order valence-electron chi connectivity index (χ2n) is 4.19. The van der Waals surface area contributed by atoms with Crippen LogP contribution in [-0.2, 0) is 0 Å². The molecule has 0 atom stereocenters. The van der Waals surface area contributed by atoms with Gasteiger partial charge in [-0.05, 0) is 37.3 Å². The lowest BCUT2D eigenvalue weighted by molar-refractivity contribution is 0.102. The van der Waals surface area contributed by atoms with E-state index in [4.69, 9.17) is 21.6 Å². The molecule has 2 rings (SSSR count). The summed E-state index contributed by atoms with van der Waals surface area (Å²) in [6.45, 7) is 2.33. The lowest BCUT2D eigenvalue weighted by atomic mass is 10.1. The van der Waals surface area contributed by atoms with Crippen molar-refractivity contribution in [3.8, 4) is 11.8 Å². The number of halogens is 1. The van der Waals surface area contributed by atoms with E-state index in [1.54, 1.807) is 36.4 Å². The number of nitriles is 1. The molecule has 0 bridgehead atoms. The number of benzene rings is 2. The molecule has 0 radical (unpaired) electrons. The van der Waals surface area contributed by atoms with Crippen LogP contribution in [0.1, 0.15) is 22.8 Å². The molecule has 0 aliphatic rings. The standard InChI is InChI=1S/C16H13ClN2O2/c1-2-21-15-6-4-3-5-12(15)16(20)19-14-8-7-11(10-18)9-13(14)17/h3-9H,2H2,1H3,(H,19,20). The first-order valence-corrected chi connectivity index (χ1v) is 6.76. The summed E-state index contributed by atoms with van der Waals surface area (Å²) in [6.07, 6.45) is 0. The van der Waals surface area contributed by atoms with Gasteiger partial charge in [-0.15, -0.1) is 0 Å².